The van der Waals surface area contributed by atoms with Gasteiger partial charge in [0.15, 0.2) is 0 Å². The van der Waals surface area contributed by atoms with Crippen LogP contribution >= 0.6 is 0 Å². The second-order valence-corrected chi connectivity index (χ2v) is 6.64. The molecule has 1 aliphatic heterocycles. The van der Waals surface area contributed by atoms with Crippen LogP contribution in [-0.2, 0) is 0 Å². The summed E-state index contributed by atoms with van der Waals surface area (Å²) in [7, 11) is 2.36. The lowest BCUT2D eigenvalue weighted by Crippen LogP contribution is -2.33. The summed E-state index contributed by atoms with van der Waals surface area (Å²) in [4.78, 5) is 2.65. The molecule has 0 aromatic carbocycles. The Morgan fingerprint density at radius 1 is 0.688 bits per heavy atom. The number of hydrogen-bond donors (Lipinski definition) is 0. The topological polar surface area (TPSA) is 3.24 Å². The predicted molar refractivity (Wildman–Crippen MR) is 68.4 cm³/mol. The summed E-state index contributed by atoms with van der Waals surface area (Å²) >= 11 is 0. The van der Waals surface area contributed by atoms with Crippen LogP contribution in [0.2, 0.25) is 0 Å². The van der Waals surface area contributed by atoms with Crippen LogP contribution < -0.4 is 0 Å². The predicted octanol–water partition coefficient (Wildman–Crippen LogP) is 3.54. The molecule has 1 nitrogen and oxygen atoms in total. The van der Waals surface area contributed by atoms with Crippen LogP contribution in [0, 0.1) is 23.7 Å². The Morgan fingerprint density at radius 2 is 1.12 bits per heavy atom. The van der Waals surface area contributed by atoms with E-state index in [1.807, 2.05) is 0 Å². The molecule has 3 aliphatic rings. The minimum atomic E-state index is 1.05. The molecule has 0 aromatic heterocycles. The lowest BCUT2D eigenvalue weighted by Gasteiger charge is -2.40. The van der Waals surface area contributed by atoms with Crippen molar-refractivity contribution in [3.8, 4) is 0 Å². The Kier molecular flexibility index (Phi) is 3.24. The van der Waals surface area contributed by atoms with Crippen LogP contribution in [0.5, 0.6) is 0 Å². The average molecular weight is 221 g/mol. The third-order valence-corrected chi connectivity index (χ3v) is 5.58. The molecule has 0 aromatic rings. The highest BCUT2D eigenvalue weighted by atomic mass is 15.1. The molecular formula is C15H27N. The van der Waals surface area contributed by atoms with Crippen LogP contribution in [0.4, 0.5) is 0 Å². The first-order valence-corrected chi connectivity index (χ1v) is 7.53. The zero-order valence-corrected chi connectivity index (χ0v) is 10.8. The minimum Gasteiger partial charge on any atom is -0.306 e. The molecule has 16 heavy (non-hydrogen) atoms. The molecule has 1 saturated heterocycles. The molecule has 0 radical (unpaired) electrons. The standard InChI is InChI=1S/C15H27N/c1-16-10-12-6-2-4-8-14(12)15-9-5-3-7-13(15)11-16/h12-15H,2-11H2,1H3/t12-,13+,14-,15+. The highest BCUT2D eigenvalue weighted by Gasteiger charge is 2.40. The smallest absolute Gasteiger partial charge is 0.000948 e. The van der Waals surface area contributed by atoms with E-state index in [0.29, 0.717) is 0 Å². The van der Waals surface area contributed by atoms with Gasteiger partial charge in [0, 0.05) is 13.1 Å². The fraction of sp³-hybridized carbons (Fsp3) is 1.00. The first-order chi connectivity index (χ1) is 7.84. The summed E-state index contributed by atoms with van der Waals surface area (Å²) in [6.45, 7) is 2.80. The van der Waals surface area contributed by atoms with Gasteiger partial charge in [-0.05, 0) is 56.4 Å². The van der Waals surface area contributed by atoms with Gasteiger partial charge in [0.05, 0.1) is 0 Å². The maximum atomic E-state index is 2.65. The van der Waals surface area contributed by atoms with Gasteiger partial charge in [0.25, 0.3) is 0 Å². The van der Waals surface area contributed by atoms with Gasteiger partial charge in [-0.1, -0.05) is 25.7 Å². The first kappa shape index (κ1) is 11.1. The van der Waals surface area contributed by atoms with Crippen molar-refractivity contribution in [2.75, 3.05) is 20.1 Å². The van der Waals surface area contributed by atoms with Gasteiger partial charge in [-0.15, -0.1) is 0 Å². The minimum absolute atomic E-state index is 1.05. The lowest BCUT2D eigenvalue weighted by atomic mass is 9.65. The van der Waals surface area contributed by atoms with E-state index in [1.165, 1.54) is 51.6 Å². The average Bonchev–Trinajstić information content (AvgIpc) is 2.44. The molecule has 0 bridgehead atoms. The summed E-state index contributed by atoms with van der Waals surface area (Å²) in [6.07, 6.45) is 12.2. The van der Waals surface area contributed by atoms with Crippen LogP contribution in [0.3, 0.4) is 0 Å². The zero-order chi connectivity index (χ0) is 11.0. The SMILES string of the molecule is CN1C[C@H]2CCCC[C@H]2[C@H]2CCCC[C@H]2C1. The van der Waals surface area contributed by atoms with Gasteiger partial charge in [0.2, 0.25) is 0 Å². The van der Waals surface area contributed by atoms with Crippen LogP contribution in [-0.4, -0.2) is 25.0 Å². The monoisotopic (exact) mass is 221 g/mol. The summed E-state index contributed by atoms with van der Waals surface area (Å²) in [5.74, 6) is 4.30. The highest BCUT2D eigenvalue weighted by molar-refractivity contribution is 4.91. The molecule has 0 spiro atoms. The quantitative estimate of drug-likeness (QED) is 0.605. The Balaban J connectivity index is 1.80. The van der Waals surface area contributed by atoms with Gasteiger partial charge >= 0.3 is 0 Å². The van der Waals surface area contributed by atoms with Crippen LogP contribution in [0.1, 0.15) is 51.4 Å². The summed E-state index contributed by atoms with van der Waals surface area (Å²) < 4.78 is 0. The molecule has 4 atom stereocenters. The Labute approximate surface area is 101 Å². The van der Waals surface area contributed by atoms with Crippen molar-refractivity contribution in [3.05, 3.63) is 0 Å². The Hall–Kier alpha value is -0.0400. The second kappa shape index (κ2) is 4.68. The third kappa shape index (κ3) is 2.03. The third-order valence-electron chi connectivity index (χ3n) is 5.58. The van der Waals surface area contributed by atoms with E-state index in [1.54, 1.807) is 12.8 Å². The van der Waals surface area contributed by atoms with E-state index in [0.717, 1.165) is 23.7 Å². The van der Waals surface area contributed by atoms with Crippen molar-refractivity contribution in [2.24, 2.45) is 23.7 Å². The van der Waals surface area contributed by atoms with E-state index in [2.05, 4.69) is 11.9 Å². The van der Waals surface area contributed by atoms with E-state index in [-0.39, 0.29) is 0 Å². The largest absolute Gasteiger partial charge is 0.306 e. The fourth-order valence-electron chi connectivity index (χ4n) is 4.93. The Bertz CT molecular complexity index is 214. The van der Waals surface area contributed by atoms with E-state index < -0.39 is 0 Å². The summed E-state index contributed by atoms with van der Waals surface area (Å²) in [5, 5.41) is 0. The zero-order valence-electron chi connectivity index (χ0n) is 10.8. The molecule has 1 heteroatoms. The number of fused-ring (bicyclic) bond motifs is 3. The fourth-order valence-corrected chi connectivity index (χ4v) is 4.93. The maximum absolute atomic E-state index is 2.65. The number of likely N-dealkylation sites (tertiary alicyclic amines) is 1. The molecule has 3 rings (SSSR count). The lowest BCUT2D eigenvalue weighted by molar-refractivity contribution is 0.106. The van der Waals surface area contributed by atoms with E-state index >= 15 is 0 Å². The van der Waals surface area contributed by atoms with Crippen molar-refractivity contribution < 1.29 is 0 Å². The maximum Gasteiger partial charge on any atom is 0.000948 e. The van der Waals surface area contributed by atoms with Gasteiger partial charge in [-0.3, -0.25) is 0 Å². The van der Waals surface area contributed by atoms with Gasteiger partial charge < -0.3 is 4.90 Å². The molecule has 3 fully saturated rings. The molecule has 2 saturated carbocycles. The van der Waals surface area contributed by atoms with Gasteiger partial charge in [-0.2, -0.15) is 0 Å². The molecular weight excluding hydrogens is 194 g/mol. The van der Waals surface area contributed by atoms with Crippen molar-refractivity contribution in [2.45, 2.75) is 51.4 Å². The molecule has 0 unspecified atom stereocenters. The van der Waals surface area contributed by atoms with Gasteiger partial charge in [0.1, 0.15) is 0 Å². The molecule has 2 aliphatic carbocycles. The van der Waals surface area contributed by atoms with Crippen LogP contribution in [0.15, 0.2) is 0 Å². The van der Waals surface area contributed by atoms with Crippen molar-refractivity contribution >= 4 is 0 Å². The molecule has 92 valence electrons. The van der Waals surface area contributed by atoms with Crippen LogP contribution in [0.25, 0.3) is 0 Å². The van der Waals surface area contributed by atoms with E-state index in [4.69, 9.17) is 0 Å². The molecule has 0 amide bonds. The Morgan fingerprint density at radius 3 is 1.62 bits per heavy atom. The summed E-state index contributed by atoms with van der Waals surface area (Å²) in [5.41, 5.74) is 0. The van der Waals surface area contributed by atoms with Crippen molar-refractivity contribution in [3.63, 3.8) is 0 Å². The number of rotatable bonds is 0. The first-order valence-electron chi connectivity index (χ1n) is 7.53. The number of hydrogen-bond acceptors (Lipinski definition) is 1. The summed E-state index contributed by atoms with van der Waals surface area (Å²) in [6, 6.07) is 0. The second-order valence-electron chi connectivity index (χ2n) is 6.64. The number of nitrogens with zero attached hydrogens (tertiary/aromatic N) is 1. The van der Waals surface area contributed by atoms with Crippen molar-refractivity contribution in [1.29, 1.82) is 0 Å². The molecule has 0 N–H and O–H groups in total. The normalized spacial score (nSPS) is 45.6. The van der Waals surface area contributed by atoms with E-state index in [9.17, 15) is 0 Å². The van der Waals surface area contributed by atoms with Crippen molar-refractivity contribution in [1.82, 2.24) is 4.90 Å². The van der Waals surface area contributed by atoms with Gasteiger partial charge in [-0.25, -0.2) is 0 Å². The highest BCUT2D eigenvalue weighted by Crippen LogP contribution is 2.46. The molecule has 1 heterocycles.